The predicted molar refractivity (Wildman–Crippen MR) is 82.1 cm³/mol. The lowest BCUT2D eigenvalue weighted by Gasteiger charge is -2.08. The van der Waals surface area contributed by atoms with E-state index in [9.17, 15) is 9.18 Å². The Hall–Kier alpha value is -2.21. The van der Waals surface area contributed by atoms with Gasteiger partial charge < -0.3 is 10.6 Å². The molecule has 1 fully saturated rings. The number of carbonyl (C=O) groups is 1. The molecule has 5 nitrogen and oxygen atoms in total. The van der Waals surface area contributed by atoms with Crippen molar-refractivity contribution in [2.45, 2.75) is 25.3 Å². The minimum absolute atomic E-state index is 0.0841. The molecule has 1 amide bonds. The van der Waals surface area contributed by atoms with Crippen LogP contribution in [0.4, 0.5) is 10.2 Å². The lowest BCUT2D eigenvalue weighted by molar-refractivity contribution is -0.116. The normalized spacial score (nSPS) is 17.6. The number of hydrogen-bond acceptors (Lipinski definition) is 3. The average molecular weight is 302 g/mol. The summed E-state index contributed by atoms with van der Waals surface area (Å²) in [6.07, 6.45) is 3.88. The molecule has 1 saturated heterocycles. The maximum Gasteiger partial charge on any atom is 0.225 e. The van der Waals surface area contributed by atoms with Gasteiger partial charge in [0.25, 0.3) is 0 Å². The summed E-state index contributed by atoms with van der Waals surface area (Å²) in [6.45, 7) is 1.92. The number of benzene rings is 1. The van der Waals surface area contributed by atoms with Gasteiger partial charge in [0, 0.05) is 25.2 Å². The number of aryl methyl sites for hydroxylation is 1. The molecule has 0 radical (unpaired) electrons. The highest BCUT2D eigenvalue weighted by atomic mass is 19.1. The third-order valence-corrected chi connectivity index (χ3v) is 3.84. The number of anilines is 1. The van der Waals surface area contributed by atoms with Gasteiger partial charge in [-0.2, -0.15) is 5.10 Å². The maximum atomic E-state index is 12.8. The number of nitrogens with one attached hydrogen (secondary N) is 2. The van der Waals surface area contributed by atoms with Gasteiger partial charge in [-0.1, -0.05) is 12.1 Å². The largest absolute Gasteiger partial charge is 0.315 e. The van der Waals surface area contributed by atoms with Gasteiger partial charge in [0.15, 0.2) is 5.82 Å². The molecule has 116 valence electrons. The van der Waals surface area contributed by atoms with Crippen LogP contribution in [-0.4, -0.2) is 28.8 Å². The third-order valence-electron chi connectivity index (χ3n) is 3.84. The Morgan fingerprint density at radius 3 is 2.91 bits per heavy atom. The summed E-state index contributed by atoms with van der Waals surface area (Å²) in [6, 6.07) is 8.39. The standard InChI is InChI=1S/C16H19FN4O/c17-13-4-1-12(2-5-13)3-6-16(22)19-15-8-10-21(20-15)14-7-9-18-11-14/h1-2,4-5,8,10,14,18H,3,6-7,9,11H2,(H,19,20,22)/t14-/m1/s1. The third kappa shape index (κ3) is 3.71. The van der Waals surface area contributed by atoms with Gasteiger partial charge in [-0.05, 0) is 37.1 Å². The SMILES string of the molecule is O=C(CCc1ccc(F)cc1)Nc1ccn([C@@H]2CCNC2)n1. The zero-order chi connectivity index (χ0) is 15.4. The van der Waals surface area contributed by atoms with E-state index >= 15 is 0 Å². The number of nitrogens with zero attached hydrogens (tertiary/aromatic N) is 2. The van der Waals surface area contributed by atoms with E-state index in [0.29, 0.717) is 24.7 Å². The summed E-state index contributed by atoms with van der Waals surface area (Å²) in [5.74, 6) is 0.232. The monoisotopic (exact) mass is 302 g/mol. The highest BCUT2D eigenvalue weighted by Gasteiger charge is 2.17. The van der Waals surface area contributed by atoms with Crippen LogP contribution in [0.3, 0.4) is 0 Å². The van der Waals surface area contributed by atoms with Crippen LogP contribution < -0.4 is 10.6 Å². The fraction of sp³-hybridized carbons (Fsp3) is 0.375. The summed E-state index contributed by atoms with van der Waals surface area (Å²) in [7, 11) is 0. The van der Waals surface area contributed by atoms with Gasteiger partial charge >= 0.3 is 0 Å². The summed E-state index contributed by atoms with van der Waals surface area (Å²) in [5.41, 5.74) is 0.944. The first kappa shape index (κ1) is 14.7. The second-order valence-corrected chi connectivity index (χ2v) is 5.50. The van der Waals surface area contributed by atoms with Crippen molar-refractivity contribution < 1.29 is 9.18 Å². The first-order valence-electron chi connectivity index (χ1n) is 7.51. The average Bonchev–Trinajstić information content (AvgIpc) is 3.17. The number of amides is 1. The molecule has 0 bridgehead atoms. The lowest BCUT2D eigenvalue weighted by atomic mass is 10.1. The van der Waals surface area contributed by atoms with Crippen LogP contribution in [0, 0.1) is 5.82 Å². The zero-order valence-corrected chi connectivity index (χ0v) is 12.3. The second kappa shape index (κ2) is 6.70. The molecule has 1 aliphatic heterocycles. The van der Waals surface area contributed by atoms with Crippen molar-refractivity contribution in [3.63, 3.8) is 0 Å². The van der Waals surface area contributed by atoms with Gasteiger partial charge in [0.2, 0.25) is 5.91 Å². The molecule has 0 spiro atoms. The molecule has 2 N–H and O–H groups in total. The predicted octanol–water partition coefficient (Wildman–Crippen LogP) is 2.13. The molecule has 2 heterocycles. The van der Waals surface area contributed by atoms with Gasteiger partial charge in [-0.15, -0.1) is 0 Å². The van der Waals surface area contributed by atoms with Crippen molar-refractivity contribution in [3.05, 3.63) is 47.9 Å². The number of aromatic nitrogens is 2. The van der Waals surface area contributed by atoms with Crippen molar-refractivity contribution in [1.29, 1.82) is 0 Å². The molecule has 0 saturated carbocycles. The van der Waals surface area contributed by atoms with E-state index in [-0.39, 0.29) is 11.7 Å². The summed E-state index contributed by atoms with van der Waals surface area (Å²) >= 11 is 0. The van der Waals surface area contributed by atoms with Crippen LogP contribution in [0.2, 0.25) is 0 Å². The van der Waals surface area contributed by atoms with Gasteiger partial charge in [-0.3, -0.25) is 9.48 Å². The first-order valence-corrected chi connectivity index (χ1v) is 7.51. The van der Waals surface area contributed by atoms with Crippen LogP contribution in [0.1, 0.15) is 24.4 Å². The van der Waals surface area contributed by atoms with Crippen molar-refractivity contribution in [2.75, 3.05) is 18.4 Å². The minimum atomic E-state index is -0.264. The minimum Gasteiger partial charge on any atom is -0.315 e. The Labute approximate surface area is 128 Å². The maximum absolute atomic E-state index is 12.8. The first-order chi connectivity index (χ1) is 10.7. The molecule has 3 rings (SSSR count). The van der Waals surface area contributed by atoms with Crippen molar-refractivity contribution in [1.82, 2.24) is 15.1 Å². The smallest absolute Gasteiger partial charge is 0.225 e. The molecule has 2 aromatic rings. The topological polar surface area (TPSA) is 59.0 Å². The van der Waals surface area contributed by atoms with Gasteiger partial charge in [0.1, 0.15) is 5.82 Å². The van der Waals surface area contributed by atoms with E-state index in [4.69, 9.17) is 0 Å². The lowest BCUT2D eigenvalue weighted by Crippen LogP contribution is -2.16. The molecular formula is C16H19FN4O. The summed E-state index contributed by atoms with van der Waals surface area (Å²) in [4.78, 5) is 11.9. The van der Waals surface area contributed by atoms with Crippen molar-refractivity contribution in [2.24, 2.45) is 0 Å². The Balaban J connectivity index is 1.50. The van der Waals surface area contributed by atoms with E-state index in [1.165, 1.54) is 12.1 Å². The Kier molecular flexibility index (Phi) is 4.48. The van der Waals surface area contributed by atoms with Gasteiger partial charge in [0.05, 0.1) is 6.04 Å². The van der Waals surface area contributed by atoms with Crippen molar-refractivity contribution >= 4 is 11.7 Å². The molecular weight excluding hydrogens is 283 g/mol. The van der Waals surface area contributed by atoms with Crippen molar-refractivity contribution in [3.8, 4) is 0 Å². The van der Waals surface area contributed by atoms with Gasteiger partial charge in [-0.25, -0.2) is 4.39 Å². The fourth-order valence-corrected chi connectivity index (χ4v) is 2.59. The molecule has 1 aromatic carbocycles. The van der Waals surface area contributed by atoms with E-state index in [1.54, 1.807) is 12.1 Å². The Morgan fingerprint density at radius 2 is 2.18 bits per heavy atom. The number of carbonyl (C=O) groups excluding carboxylic acids is 1. The Bertz CT molecular complexity index is 632. The molecule has 22 heavy (non-hydrogen) atoms. The van der Waals surface area contributed by atoms with E-state index < -0.39 is 0 Å². The molecule has 0 unspecified atom stereocenters. The van der Waals surface area contributed by atoms with Crippen LogP contribution in [0.5, 0.6) is 0 Å². The molecule has 1 aliphatic rings. The second-order valence-electron chi connectivity index (χ2n) is 5.50. The van der Waals surface area contributed by atoms with Crippen LogP contribution >= 0.6 is 0 Å². The fourth-order valence-electron chi connectivity index (χ4n) is 2.59. The van der Waals surface area contributed by atoms with E-state index in [2.05, 4.69) is 15.7 Å². The zero-order valence-electron chi connectivity index (χ0n) is 12.3. The number of rotatable bonds is 5. The highest BCUT2D eigenvalue weighted by molar-refractivity contribution is 5.89. The highest BCUT2D eigenvalue weighted by Crippen LogP contribution is 2.16. The van der Waals surface area contributed by atoms with E-state index in [0.717, 1.165) is 25.1 Å². The molecule has 6 heteroatoms. The quantitative estimate of drug-likeness (QED) is 0.889. The van der Waals surface area contributed by atoms with Crippen LogP contribution in [0.25, 0.3) is 0 Å². The van der Waals surface area contributed by atoms with Crippen LogP contribution in [0.15, 0.2) is 36.5 Å². The number of halogens is 1. The molecule has 0 aliphatic carbocycles. The summed E-state index contributed by atoms with van der Waals surface area (Å²) < 4.78 is 14.7. The summed E-state index contributed by atoms with van der Waals surface area (Å²) in [5, 5.41) is 10.5. The van der Waals surface area contributed by atoms with E-state index in [1.807, 2.05) is 16.9 Å². The molecule has 1 aromatic heterocycles. The number of hydrogen-bond donors (Lipinski definition) is 2. The Morgan fingerprint density at radius 1 is 1.36 bits per heavy atom. The molecule has 1 atom stereocenters. The van der Waals surface area contributed by atoms with Crippen LogP contribution in [-0.2, 0) is 11.2 Å².